The summed E-state index contributed by atoms with van der Waals surface area (Å²) in [6.45, 7) is 7.30. The van der Waals surface area contributed by atoms with E-state index in [4.69, 9.17) is 4.74 Å². The van der Waals surface area contributed by atoms with Crippen LogP contribution in [0.2, 0.25) is 0 Å². The van der Waals surface area contributed by atoms with Gasteiger partial charge >= 0.3 is 5.97 Å². The SMILES string of the molecule is CC(OC(=O)C(C)(C)C)c1ccc2c(c1)C(=O)c1ccccc1-2. The smallest absolute Gasteiger partial charge is 0.311 e. The van der Waals surface area contributed by atoms with E-state index in [1.165, 1.54) is 0 Å². The highest BCUT2D eigenvalue weighted by molar-refractivity contribution is 6.21. The number of fused-ring (bicyclic) bond motifs is 3. The molecule has 3 nitrogen and oxygen atoms in total. The fourth-order valence-electron chi connectivity index (χ4n) is 2.70. The summed E-state index contributed by atoms with van der Waals surface area (Å²) in [4.78, 5) is 24.6. The molecule has 0 saturated carbocycles. The third-order valence-electron chi connectivity index (χ3n) is 4.12. The second-order valence-electron chi connectivity index (χ2n) is 6.98. The molecular formula is C20H20O3. The second-order valence-corrected chi connectivity index (χ2v) is 6.98. The average Bonchev–Trinajstić information content (AvgIpc) is 2.79. The molecule has 2 aromatic carbocycles. The lowest BCUT2D eigenvalue weighted by molar-refractivity contribution is -0.158. The van der Waals surface area contributed by atoms with E-state index in [1.807, 2.05) is 70.2 Å². The van der Waals surface area contributed by atoms with Gasteiger partial charge in [0.1, 0.15) is 6.10 Å². The summed E-state index contributed by atoms with van der Waals surface area (Å²) in [6.07, 6.45) is -0.386. The van der Waals surface area contributed by atoms with E-state index < -0.39 is 5.41 Å². The van der Waals surface area contributed by atoms with Crippen LogP contribution < -0.4 is 0 Å². The van der Waals surface area contributed by atoms with Gasteiger partial charge in [-0.2, -0.15) is 0 Å². The van der Waals surface area contributed by atoms with Gasteiger partial charge in [0.05, 0.1) is 5.41 Å². The van der Waals surface area contributed by atoms with Gasteiger partial charge in [0.2, 0.25) is 0 Å². The van der Waals surface area contributed by atoms with E-state index in [-0.39, 0.29) is 17.9 Å². The molecule has 1 unspecified atom stereocenters. The molecule has 0 fully saturated rings. The van der Waals surface area contributed by atoms with Crippen molar-refractivity contribution >= 4 is 11.8 Å². The Labute approximate surface area is 136 Å². The summed E-state index contributed by atoms with van der Waals surface area (Å²) in [5, 5.41) is 0. The van der Waals surface area contributed by atoms with Crippen LogP contribution in [-0.2, 0) is 9.53 Å². The zero-order chi connectivity index (χ0) is 16.8. The summed E-state index contributed by atoms with van der Waals surface area (Å²) in [5.41, 5.74) is 3.63. The predicted octanol–water partition coefficient (Wildman–Crippen LogP) is 4.55. The highest BCUT2D eigenvalue weighted by Crippen LogP contribution is 2.38. The molecule has 3 heteroatoms. The molecule has 0 heterocycles. The van der Waals surface area contributed by atoms with Crippen LogP contribution in [0.1, 0.15) is 55.3 Å². The molecule has 23 heavy (non-hydrogen) atoms. The average molecular weight is 308 g/mol. The first-order chi connectivity index (χ1) is 10.8. The van der Waals surface area contributed by atoms with Crippen LogP contribution in [0.25, 0.3) is 11.1 Å². The summed E-state index contributed by atoms with van der Waals surface area (Å²) in [5.74, 6) is -0.216. The Morgan fingerprint density at radius 1 is 0.957 bits per heavy atom. The maximum atomic E-state index is 12.5. The third-order valence-corrected chi connectivity index (χ3v) is 4.12. The summed E-state index contributed by atoms with van der Waals surface area (Å²) in [7, 11) is 0. The largest absolute Gasteiger partial charge is 0.457 e. The summed E-state index contributed by atoms with van der Waals surface area (Å²) < 4.78 is 5.52. The number of ketones is 1. The molecule has 0 radical (unpaired) electrons. The number of carbonyl (C=O) groups excluding carboxylic acids is 2. The number of carbonyl (C=O) groups is 2. The summed E-state index contributed by atoms with van der Waals surface area (Å²) in [6, 6.07) is 13.3. The lowest BCUT2D eigenvalue weighted by Gasteiger charge is -2.21. The lowest BCUT2D eigenvalue weighted by Crippen LogP contribution is -2.24. The lowest BCUT2D eigenvalue weighted by atomic mass is 9.97. The van der Waals surface area contributed by atoms with Crippen molar-refractivity contribution < 1.29 is 14.3 Å². The van der Waals surface area contributed by atoms with E-state index in [0.717, 1.165) is 22.3 Å². The summed E-state index contributed by atoms with van der Waals surface area (Å²) >= 11 is 0. The Hall–Kier alpha value is -2.42. The molecule has 1 atom stereocenters. The van der Waals surface area contributed by atoms with Crippen LogP contribution in [0.15, 0.2) is 42.5 Å². The van der Waals surface area contributed by atoms with E-state index in [0.29, 0.717) is 5.56 Å². The number of hydrogen-bond acceptors (Lipinski definition) is 3. The van der Waals surface area contributed by atoms with Crippen LogP contribution in [0.5, 0.6) is 0 Å². The van der Waals surface area contributed by atoms with Crippen molar-refractivity contribution in [3.8, 4) is 11.1 Å². The Kier molecular flexibility index (Phi) is 3.59. The maximum Gasteiger partial charge on any atom is 0.311 e. The highest BCUT2D eigenvalue weighted by Gasteiger charge is 2.29. The standard InChI is InChI=1S/C20H20O3/c1-12(23-19(22)20(2,3)4)13-9-10-15-14-7-5-6-8-16(14)18(21)17(15)11-13/h5-12H,1-4H3. The Balaban J connectivity index is 1.91. The van der Waals surface area contributed by atoms with E-state index in [1.54, 1.807) is 0 Å². The Bertz CT molecular complexity index is 797. The van der Waals surface area contributed by atoms with Crippen LogP contribution >= 0.6 is 0 Å². The first-order valence-electron chi connectivity index (χ1n) is 7.78. The first-order valence-corrected chi connectivity index (χ1v) is 7.78. The van der Waals surface area contributed by atoms with Crippen molar-refractivity contribution in [2.75, 3.05) is 0 Å². The predicted molar refractivity (Wildman–Crippen MR) is 89.3 cm³/mol. The topological polar surface area (TPSA) is 43.4 Å². The molecule has 0 N–H and O–H groups in total. The van der Waals surface area contributed by atoms with Gasteiger partial charge in [-0.1, -0.05) is 36.4 Å². The normalized spacial score (nSPS) is 14.2. The minimum Gasteiger partial charge on any atom is -0.457 e. The highest BCUT2D eigenvalue weighted by atomic mass is 16.5. The molecule has 2 aromatic rings. The monoisotopic (exact) mass is 308 g/mol. The molecular weight excluding hydrogens is 288 g/mol. The fraction of sp³-hybridized carbons (Fsp3) is 0.300. The Morgan fingerprint density at radius 2 is 1.57 bits per heavy atom. The van der Waals surface area contributed by atoms with Gasteiger partial charge in [0.15, 0.2) is 5.78 Å². The molecule has 118 valence electrons. The molecule has 3 rings (SSSR count). The van der Waals surface area contributed by atoms with Gasteiger partial charge in [0.25, 0.3) is 0 Å². The molecule has 0 spiro atoms. The molecule has 1 aliphatic rings. The van der Waals surface area contributed by atoms with Crippen molar-refractivity contribution in [3.05, 3.63) is 59.2 Å². The van der Waals surface area contributed by atoms with Crippen LogP contribution in [0, 0.1) is 5.41 Å². The van der Waals surface area contributed by atoms with Gasteiger partial charge < -0.3 is 4.74 Å². The minimum absolute atomic E-state index is 0.0341. The van der Waals surface area contributed by atoms with Crippen molar-refractivity contribution in [1.82, 2.24) is 0 Å². The maximum absolute atomic E-state index is 12.5. The van der Waals surface area contributed by atoms with Gasteiger partial charge in [-0.25, -0.2) is 0 Å². The van der Waals surface area contributed by atoms with Crippen molar-refractivity contribution in [3.63, 3.8) is 0 Å². The van der Waals surface area contributed by atoms with Crippen molar-refractivity contribution in [2.45, 2.75) is 33.8 Å². The number of ether oxygens (including phenoxy) is 1. The van der Waals surface area contributed by atoms with E-state index in [2.05, 4.69) is 0 Å². The molecule has 0 aromatic heterocycles. The minimum atomic E-state index is -0.545. The van der Waals surface area contributed by atoms with Crippen molar-refractivity contribution in [1.29, 1.82) is 0 Å². The number of rotatable bonds is 2. The quantitative estimate of drug-likeness (QED) is 0.652. The van der Waals surface area contributed by atoms with Gasteiger partial charge in [-0.05, 0) is 50.5 Å². The fourth-order valence-corrected chi connectivity index (χ4v) is 2.70. The zero-order valence-electron chi connectivity index (χ0n) is 13.8. The van der Waals surface area contributed by atoms with Crippen LogP contribution in [0.3, 0.4) is 0 Å². The van der Waals surface area contributed by atoms with Crippen LogP contribution in [-0.4, -0.2) is 11.8 Å². The molecule has 0 aliphatic heterocycles. The van der Waals surface area contributed by atoms with Gasteiger partial charge in [0, 0.05) is 11.1 Å². The molecule has 1 aliphatic carbocycles. The third kappa shape index (κ3) is 2.67. The molecule has 0 amide bonds. The van der Waals surface area contributed by atoms with Gasteiger partial charge in [-0.15, -0.1) is 0 Å². The number of hydrogen-bond donors (Lipinski definition) is 0. The number of esters is 1. The molecule has 0 saturated heterocycles. The Morgan fingerprint density at radius 3 is 2.22 bits per heavy atom. The zero-order valence-corrected chi connectivity index (χ0v) is 13.8. The van der Waals surface area contributed by atoms with E-state index in [9.17, 15) is 9.59 Å². The van der Waals surface area contributed by atoms with Crippen LogP contribution in [0.4, 0.5) is 0 Å². The first kappa shape index (κ1) is 15.5. The number of benzene rings is 2. The van der Waals surface area contributed by atoms with Gasteiger partial charge in [-0.3, -0.25) is 9.59 Å². The van der Waals surface area contributed by atoms with Crippen molar-refractivity contribution in [2.24, 2.45) is 5.41 Å². The molecule has 0 bridgehead atoms. The second kappa shape index (κ2) is 5.34. The van der Waals surface area contributed by atoms with E-state index >= 15 is 0 Å².